The maximum atomic E-state index is 13.5. The van der Waals surface area contributed by atoms with Crippen molar-refractivity contribution in [1.82, 2.24) is 5.32 Å². The lowest BCUT2D eigenvalue weighted by molar-refractivity contribution is 0.606. The van der Waals surface area contributed by atoms with Gasteiger partial charge in [-0.05, 0) is 61.6 Å². The highest BCUT2D eigenvalue weighted by atomic mass is 32.1. The summed E-state index contributed by atoms with van der Waals surface area (Å²) in [4.78, 5) is 2.86. The number of benzene rings is 1. The van der Waals surface area contributed by atoms with Gasteiger partial charge in [-0.3, -0.25) is 0 Å². The van der Waals surface area contributed by atoms with Gasteiger partial charge in [0.05, 0.1) is 6.04 Å². The van der Waals surface area contributed by atoms with Crippen molar-refractivity contribution in [3.63, 3.8) is 0 Å². The fourth-order valence-corrected chi connectivity index (χ4v) is 4.29. The smallest absolute Gasteiger partial charge is 0.123 e. The zero-order valence-electron chi connectivity index (χ0n) is 11.8. The van der Waals surface area contributed by atoms with Crippen molar-refractivity contribution in [3.8, 4) is 0 Å². The van der Waals surface area contributed by atoms with Crippen LogP contribution in [-0.2, 0) is 12.8 Å². The van der Waals surface area contributed by atoms with Crippen LogP contribution in [0.25, 0.3) is 0 Å². The second kappa shape index (κ2) is 6.06. The molecular weight excluding hydrogens is 269 g/mol. The van der Waals surface area contributed by atoms with E-state index in [1.165, 1.54) is 47.1 Å². The average molecular weight is 289 g/mol. The highest BCUT2D eigenvalue weighted by Crippen LogP contribution is 2.35. The number of aryl methyl sites for hydroxylation is 2. The van der Waals surface area contributed by atoms with Crippen molar-refractivity contribution in [3.05, 3.63) is 57.0 Å². The predicted octanol–water partition coefficient (Wildman–Crippen LogP) is 4.46. The summed E-state index contributed by atoms with van der Waals surface area (Å²) in [6.45, 7) is 2.98. The van der Waals surface area contributed by atoms with Crippen LogP contribution >= 0.6 is 11.3 Å². The van der Waals surface area contributed by atoms with Crippen LogP contribution in [-0.4, -0.2) is 6.54 Å². The van der Waals surface area contributed by atoms with E-state index in [1.54, 1.807) is 12.1 Å². The quantitative estimate of drug-likeness (QED) is 0.876. The monoisotopic (exact) mass is 289 g/mol. The molecule has 0 fully saturated rings. The third-order valence-corrected chi connectivity index (χ3v) is 5.19. The Bertz CT molecular complexity index is 567. The van der Waals surface area contributed by atoms with E-state index in [2.05, 4.69) is 18.3 Å². The Morgan fingerprint density at radius 2 is 2.10 bits per heavy atom. The summed E-state index contributed by atoms with van der Waals surface area (Å²) in [5, 5.41) is 3.50. The molecule has 1 aliphatic rings. The minimum Gasteiger partial charge on any atom is -0.306 e. The van der Waals surface area contributed by atoms with E-state index in [-0.39, 0.29) is 11.9 Å². The largest absolute Gasteiger partial charge is 0.306 e. The van der Waals surface area contributed by atoms with Crippen LogP contribution in [0.4, 0.5) is 4.39 Å². The number of halogens is 1. The van der Waals surface area contributed by atoms with E-state index in [1.807, 2.05) is 17.4 Å². The standard InChI is InChI=1S/C17H20FNS/c1-2-19-17(13-7-5-8-14(18)10-13)16-11-12-6-3-4-9-15(12)20-16/h5,7-8,10-11,17,19H,2-4,6,9H2,1H3. The Morgan fingerprint density at radius 3 is 2.85 bits per heavy atom. The first-order chi connectivity index (χ1) is 9.78. The summed E-state index contributed by atoms with van der Waals surface area (Å²) in [6.07, 6.45) is 5.02. The molecule has 0 saturated carbocycles. The number of fused-ring (bicyclic) bond motifs is 1. The van der Waals surface area contributed by atoms with Crippen molar-refractivity contribution >= 4 is 11.3 Å². The second-order valence-electron chi connectivity index (χ2n) is 5.35. The molecule has 20 heavy (non-hydrogen) atoms. The predicted molar refractivity (Wildman–Crippen MR) is 82.9 cm³/mol. The van der Waals surface area contributed by atoms with Gasteiger partial charge in [0.15, 0.2) is 0 Å². The lowest BCUT2D eigenvalue weighted by atomic mass is 9.97. The summed E-state index contributed by atoms with van der Waals surface area (Å²) >= 11 is 1.90. The van der Waals surface area contributed by atoms with Crippen molar-refractivity contribution in [2.24, 2.45) is 0 Å². The normalized spacial score (nSPS) is 15.9. The molecule has 1 nitrogen and oxygen atoms in total. The number of hydrogen-bond acceptors (Lipinski definition) is 2. The molecule has 1 aromatic carbocycles. The van der Waals surface area contributed by atoms with Gasteiger partial charge in [0.2, 0.25) is 0 Å². The number of rotatable bonds is 4. The van der Waals surface area contributed by atoms with Crippen LogP contribution < -0.4 is 5.32 Å². The number of hydrogen-bond donors (Lipinski definition) is 1. The summed E-state index contributed by atoms with van der Waals surface area (Å²) in [5.74, 6) is -0.160. The molecule has 3 rings (SSSR count). The van der Waals surface area contributed by atoms with Crippen LogP contribution in [0.1, 0.15) is 46.7 Å². The zero-order valence-corrected chi connectivity index (χ0v) is 12.6. The molecule has 2 aromatic rings. The maximum absolute atomic E-state index is 13.5. The Hall–Kier alpha value is -1.19. The summed E-state index contributed by atoms with van der Waals surface area (Å²) in [6, 6.07) is 9.40. The molecule has 106 valence electrons. The van der Waals surface area contributed by atoms with E-state index >= 15 is 0 Å². The Balaban J connectivity index is 1.95. The van der Waals surface area contributed by atoms with Crippen LogP contribution in [0.15, 0.2) is 30.3 Å². The third kappa shape index (κ3) is 2.79. The molecule has 1 heterocycles. The van der Waals surface area contributed by atoms with Gasteiger partial charge in [-0.1, -0.05) is 19.1 Å². The molecular formula is C17H20FNS. The fourth-order valence-electron chi connectivity index (χ4n) is 2.93. The van der Waals surface area contributed by atoms with Crippen molar-refractivity contribution in [2.45, 2.75) is 38.6 Å². The van der Waals surface area contributed by atoms with Crippen molar-refractivity contribution in [2.75, 3.05) is 6.54 Å². The summed E-state index contributed by atoms with van der Waals surface area (Å²) in [7, 11) is 0. The first-order valence-corrected chi connectivity index (χ1v) is 8.20. The van der Waals surface area contributed by atoms with E-state index in [0.717, 1.165) is 12.1 Å². The highest BCUT2D eigenvalue weighted by Gasteiger charge is 2.20. The van der Waals surface area contributed by atoms with Gasteiger partial charge in [0, 0.05) is 9.75 Å². The van der Waals surface area contributed by atoms with Crippen LogP contribution in [0, 0.1) is 5.82 Å². The Kier molecular flexibility index (Phi) is 4.18. The van der Waals surface area contributed by atoms with E-state index in [0.29, 0.717) is 0 Å². The number of nitrogens with one attached hydrogen (secondary N) is 1. The molecule has 3 heteroatoms. The molecule has 1 N–H and O–H groups in total. The van der Waals surface area contributed by atoms with Gasteiger partial charge in [-0.25, -0.2) is 4.39 Å². The molecule has 0 bridgehead atoms. The molecule has 0 amide bonds. The average Bonchev–Trinajstić information content (AvgIpc) is 2.88. The molecule has 0 spiro atoms. The van der Waals surface area contributed by atoms with Gasteiger partial charge in [0.1, 0.15) is 5.82 Å². The van der Waals surface area contributed by atoms with Crippen LogP contribution in [0.2, 0.25) is 0 Å². The first-order valence-electron chi connectivity index (χ1n) is 7.38. The Morgan fingerprint density at radius 1 is 1.25 bits per heavy atom. The third-order valence-electron chi connectivity index (χ3n) is 3.89. The molecule has 0 aliphatic heterocycles. The molecule has 0 radical (unpaired) electrons. The maximum Gasteiger partial charge on any atom is 0.123 e. The zero-order chi connectivity index (χ0) is 13.9. The first kappa shape index (κ1) is 13.8. The van der Waals surface area contributed by atoms with Gasteiger partial charge < -0.3 is 5.32 Å². The lowest BCUT2D eigenvalue weighted by Crippen LogP contribution is -2.21. The molecule has 1 aromatic heterocycles. The number of thiophene rings is 1. The summed E-state index contributed by atoms with van der Waals surface area (Å²) < 4.78 is 13.5. The fraction of sp³-hybridized carbons (Fsp3) is 0.412. The van der Waals surface area contributed by atoms with E-state index in [9.17, 15) is 4.39 Å². The molecule has 0 saturated heterocycles. The van der Waals surface area contributed by atoms with Gasteiger partial charge in [-0.2, -0.15) is 0 Å². The Labute approximate surface area is 123 Å². The second-order valence-corrected chi connectivity index (χ2v) is 6.52. The van der Waals surface area contributed by atoms with E-state index in [4.69, 9.17) is 0 Å². The summed E-state index contributed by atoms with van der Waals surface area (Å²) in [5.41, 5.74) is 2.53. The van der Waals surface area contributed by atoms with Gasteiger partial charge in [-0.15, -0.1) is 11.3 Å². The molecule has 1 unspecified atom stereocenters. The topological polar surface area (TPSA) is 12.0 Å². The molecule has 1 atom stereocenters. The van der Waals surface area contributed by atoms with Crippen molar-refractivity contribution in [1.29, 1.82) is 0 Å². The molecule has 1 aliphatic carbocycles. The van der Waals surface area contributed by atoms with E-state index < -0.39 is 0 Å². The lowest BCUT2D eigenvalue weighted by Gasteiger charge is -2.17. The van der Waals surface area contributed by atoms with Crippen LogP contribution in [0.5, 0.6) is 0 Å². The van der Waals surface area contributed by atoms with Gasteiger partial charge >= 0.3 is 0 Å². The minimum atomic E-state index is -0.160. The highest BCUT2D eigenvalue weighted by molar-refractivity contribution is 7.12. The minimum absolute atomic E-state index is 0.117. The van der Waals surface area contributed by atoms with Crippen molar-refractivity contribution < 1.29 is 4.39 Å². The van der Waals surface area contributed by atoms with Gasteiger partial charge in [0.25, 0.3) is 0 Å². The van der Waals surface area contributed by atoms with Crippen LogP contribution in [0.3, 0.4) is 0 Å². The SMILES string of the molecule is CCNC(c1cccc(F)c1)c1cc2c(s1)CCCC2.